The van der Waals surface area contributed by atoms with Crippen molar-refractivity contribution in [1.29, 1.82) is 0 Å². The molecule has 10 nitrogen and oxygen atoms in total. The molecule has 10 heteroatoms. The first-order valence-electron chi connectivity index (χ1n) is 8.31. The molecule has 0 unspecified atom stereocenters. The number of hydrogen-bond donors (Lipinski definition) is 1. The van der Waals surface area contributed by atoms with Gasteiger partial charge in [-0.25, -0.2) is 9.48 Å². The number of nitrogens with one attached hydrogen (secondary N) is 1. The highest BCUT2D eigenvalue weighted by Gasteiger charge is 2.22. The first kappa shape index (κ1) is 16.9. The van der Waals surface area contributed by atoms with Gasteiger partial charge in [-0.05, 0) is 6.42 Å². The van der Waals surface area contributed by atoms with Crippen LogP contribution < -0.4 is 15.8 Å². The number of hydrogen-bond acceptors (Lipinski definition) is 6. The van der Waals surface area contributed by atoms with Crippen molar-refractivity contribution < 1.29 is 4.79 Å². The topological polar surface area (TPSA) is 101 Å². The van der Waals surface area contributed by atoms with Gasteiger partial charge in [0.1, 0.15) is 0 Å². The smallest absolute Gasteiger partial charge is 0.323 e. The normalized spacial score (nSPS) is 14.6. The first-order valence-corrected chi connectivity index (χ1v) is 8.31. The average molecular weight is 346 g/mol. The molecule has 2 amide bonds. The lowest BCUT2D eigenvalue weighted by molar-refractivity contribution is 0.208. The number of urea groups is 1. The fraction of sp³-hybridized carbons (Fsp3) is 0.533. The van der Waals surface area contributed by atoms with Crippen molar-refractivity contribution in [3.05, 3.63) is 28.8 Å². The molecular weight excluding hydrogens is 324 g/mol. The molecule has 1 aliphatic heterocycles. The van der Waals surface area contributed by atoms with Crippen LogP contribution in [0.1, 0.15) is 13.3 Å². The van der Waals surface area contributed by atoms with E-state index in [-0.39, 0.29) is 11.6 Å². The molecule has 0 aromatic carbocycles. The van der Waals surface area contributed by atoms with E-state index in [2.05, 4.69) is 32.6 Å². The maximum Gasteiger partial charge on any atom is 0.323 e. The molecule has 25 heavy (non-hydrogen) atoms. The Bertz CT molecular complexity index is 791. The van der Waals surface area contributed by atoms with Gasteiger partial charge in [-0.3, -0.25) is 14.8 Å². The fourth-order valence-electron chi connectivity index (χ4n) is 2.68. The molecule has 0 saturated carbocycles. The van der Waals surface area contributed by atoms with E-state index >= 15 is 0 Å². The third-order valence-corrected chi connectivity index (χ3v) is 4.11. The van der Waals surface area contributed by atoms with E-state index in [4.69, 9.17) is 0 Å². The number of carbonyl (C=O) groups is 1. The van der Waals surface area contributed by atoms with Crippen molar-refractivity contribution in [2.24, 2.45) is 7.05 Å². The number of aromatic nitrogens is 5. The first-order chi connectivity index (χ1) is 12.1. The van der Waals surface area contributed by atoms with E-state index in [0.717, 1.165) is 18.7 Å². The van der Waals surface area contributed by atoms with E-state index in [1.807, 2.05) is 0 Å². The van der Waals surface area contributed by atoms with Crippen molar-refractivity contribution in [3.63, 3.8) is 0 Å². The summed E-state index contributed by atoms with van der Waals surface area (Å²) in [7, 11) is 1.62. The Labute approximate surface area is 145 Å². The SMILES string of the molecule is CCCn1cc(NC(=O)N2CCN(c3cnn(C)c(=O)c3)CC2)nn1. The van der Waals surface area contributed by atoms with Crippen LogP contribution in [0.5, 0.6) is 0 Å². The molecule has 0 aliphatic carbocycles. The van der Waals surface area contributed by atoms with Crippen LogP contribution in [0.25, 0.3) is 0 Å². The molecule has 0 spiro atoms. The summed E-state index contributed by atoms with van der Waals surface area (Å²) in [6.45, 7) is 5.23. The highest BCUT2D eigenvalue weighted by Crippen LogP contribution is 2.13. The van der Waals surface area contributed by atoms with Gasteiger partial charge >= 0.3 is 6.03 Å². The lowest BCUT2D eigenvalue weighted by Gasteiger charge is -2.35. The summed E-state index contributed by atoms with van der Waals surface area (Å²) in [5, 5.41) is 14.7. The molecule has 3 heterocycles. The van der Waals surface area contributed by atoms with Crippen LogP contribution in [0.15, 0.2) is 23.3 Å². The minimum Gasteiger partial charge on any atom is -0.367 e. The summed E-state index contributed by atoms with van der Waals surface area (Å²) in [5.74, 6) is 0.455. The molecule has 1 aliphatic rings. The fourth-order valence-corrected chi connectivity index (χ4v) is 2.68. The lowest BCUT2D eigenvalue weighted by Crippen LogP contribution is -2.50. The molecule has 0 bridgehead atoms. The Morgan fingerprint density at radius 2 is 2.04 bits per heavy atom. The molecule has 0 radical (unpaired) electrons. The van der Waals surface area contributed by atoms with Gasteiger partial charge in [0.25, 0.3) is 5.56 Å². The Morgan fingerprint density at radius 3 is 2.72 bits per heavy atom. The number of aryl methyl sites for hydroxylation is 2. The molecule has 1 saturated heterocycles. The molecule has 1 fully saturated rings. The minimum atomic E-state index is -0.190. The summed E-state index contributed by atoms with van der Waals surface area (Å²) >= 11 is 0. The zero-order chi connectivity index (χ0) is 17.8. The number of carbonyl (C=O) groups excluding carboxylic acids is 1. The standard InChI is InChI=1S/C15H22N8O2/c1-3-4-23-11-13(18-19-23)17-15(25)22-7-5-21(6-8-22)12-9-14(24)20(2)16-10-12/h9-11H,3-8H2,1-2H3,(H,17,25). The van der Waals surface area contributed by atoms with Gasteiger partial charge in [-0.1, -0.05) is 12.1 Å². The van der Waals surface area contributed by atoms with Gasteiger partial charge in [-0.2, -0.15) is 5.10 Å². The average Bonchev–Trinajstić information content (AvgIpc) is 3.05. The van der Waals surface area contributed by atoms with Crippen LogP contribution in [0.2, 0.25) is 0 Å². The number of rotatable bonds is 4. The highest BCUT2D eigenvalue weighted by atomic mass is 16.2. The second-order valence-corrected chi connectivity index (χ2v) is 5.95. The van der Waals surface area contributed by atoms with E-state index in [0.29, 0.717) is 32.0 Å². The number of piperazine rings is 1. The number of amides is 2. The number of nitrogens with zero attached hydrogens (tertiary/aromatic N) is 7. The van der Waals surface area contributed by atoms with Crippen molar-refractivity contribution in [2.45, 2.75) is 19.9 Å². The van der Waals surface area contributed by atoms with Crippen molar-refractivity contribution >= 4 is 17.5 Å². The molecular formula is C15H22N8O2. The zero-order valence-electron chi connectivity index (χ0n) is 14.4. The molecule has 2 aromatic rings. The van der Waals surface area contributed by atoms with Crippen LogP contribution in [0.3, 0.4) is 0 Å². The molecule has 2 aromatic heterocycles. The van der Waals surface area contributed by atoms with Crippen LogP contribution in [0.4, 0.5) is 16.3 Å². The maximum atomic E-state index is 12.3. The second-order valence-electron chi connectivity index (χ2n) is 5.95. The van der Waals surface area contributed by atoms with Crippen LogP contribution in [-0.4, -0.2) is 61.9 Å². The summed E-state index contributed by atoms with van der Waals surface area (Å²) in [6.07, 6.45) is 4.35. The Balaban J connectivity index is 1.55. The minimum absolute atomic E-state index is 0.146. The van der Waals surface area contributed by atoms with Crippen LogP contribution >= 0.6 is 0 Å². The van der Waals surface area contributed by atoms with Gasteiger partial charge in [0.2, 0.25) is 0 Å². The largest absolute Gasteiger partial charge is 0.367 e. The van der Waals surface area contributed by atoms with Gasteiger partial charge in [0.15, 0.2) is 5.82 Å². The van der Waals surface area contributed by atoms with E-state index in [1.165, 1.54) is 4.68 Å². The van der Waals surface area contributed by atoms with Gasteiger partial charge in [0, 0.05) is 45.8 Å². The summed E-state index contributed by atoms with van der Waals surface area (Å²) < 4.78 is 3.00. The van der Waals surface area contributed by atoms with Gasteiger partial charge in [-0.15, -0.1) is 5.10 Å². The predicted molar refractivity (Wildman–Crippen MR) is 92.6 cm³/mol. The zero-order valence-corrected chi connectivity index (χ0v) is 14.4. The van der Waals surface area contributed by atoms with Crippen LogP contribution in [-0.2, 0) is 13.6 Å². The molecule has 3 rings (SSSR count). The third-order valence-electron chi connectivity index (χ3n) is 4.11. The quantitative estimate of drug-likeness (QED) is 0.845. The molecule has 134 valence electrons. The second kappa shape index (κ2) is 7.32. The summed E-state index contributed by atoms with van der Waals surface area (Å²) in [6, 6.07) is 1.37. The Hall–Kier alpha value is -2.91. The van der Waals surface area contributed by atoms with E-state index in [1.54, 1.807) is 35.1 Å². The van der Waals surface area contributed by atoms with Gasteiger partial charge in [0.05, 0.1) is 18.1 Å². The van der Waals surface area contributed by atoms with E-state index in [9.17, 15) is 9.59 Å². The predicted octanol–water partition coefficient (Wildman–Crippen LogP) is 0.136. The van der Waals surface area contributed by atoms with Crippen molar-refractivity contribution in [1.82, 2.24) is 29.7 Å². The Morgan fingerprint density at radius 1 is 1.28 bits per heavy atom. The third kappa shape index (κ3) is 3.95. The molecule has 1 N–H and O–H groups in total. The van der Waals surface area contributed by atoms with E-state index < -0.39 is 0 Å². The van der Waals surface area contributed by atoms with Crippen molar-refractivity contribution in [3.8, 4) is 0 Å². The van der Waals surface area contributed by atoms with Crippen LogP contribution in [0, 0.1) is 0 Å². The Kier molecular flexibility index (Phi) is 4.96. The monoisotopic (exact) mass is 346 g/mol. The lowest BCUT2D eigenvalue weighted by atomic mass is 10.3. The summed E-state index contributed by atoms with van der Waals surface area (Å²) in [5.41, 5.74) is 0.638. The maximum absolute atomic E-state index is 12.3. The van der Waals surface area contributed by atoms with Gasteiger partial charge < -0.3 is 9.80 Å². The highest BCUT2D eigenvalue weighted by molar-refractivity contribution is 5.88. The summed E-state index contributed by atoms with van der Waals surface area (Å²) in [4.78, 5) is 27.8. The van der Waals surface area contributed by atoms with Crippen molar-refractivity contribution in [2.75, 3.05) is 36.4 Å². The number of anilines is 2. The molecule has 0 atom stereocenters.